The molecule has 0 spiro atoms. The highest BCUT2D eigenvalue weighted by molar-refractivity contribution is 7.98. The van der Waals surface area contributed by atoms with Crippen molar-refractivity contribution in [3.63, 3.8) is 0 Å². The fourth-order valence-corrected chi connectivity index (χ4v) is 3.06. The maximum Gasteiger partial charge on any atom is 0.252 e. The van der Waals surface area contributed by atoms with E-state index in [-0.39, 0.29) is 18.6 Å². The molecule has 2 rings (SSSR count). The van der Waals surface area contributed by atoms with Crippen LogP contribution in [0.2, 0.25) is 0 Å². The van der Waals surface area contributed by atoms with Crippen LogP contribution in [-0.4, -0.2) is 54.0 Å². The Hall–Kier alpha value is -1.50. The van der Waals surface area contributed by atoms with E-state index in [0.29, 0.717) is 12.2 Å². The van der Waals surface area contributed by atoms with Crippen LogP contribution in [0.5, 0.6) is 0 Å². The van der Waals surface area contributed by atoms with Crippen molar-refractivity contribution in [2.24, 2.45) is 0 Å². The zero-order valence-electron chi connectivity index (χ0n) is 13.6. The molecule has 0 saturated carbocycles. The van der Waals surface area contributed by atoms with Crippen molar-refractivity contribution in [2.75, 3.05) is 32.3 Å². The van der Waals surface area contributed by atoms with Gasteiger partial charge in [0.25, 0.3) is 5.91 Å². The predicted molar refractivity (Wildman–Crippen MR) is 95.2 cm³/mol. The number of carbonyl (C=O) groups is 1. The van der Waals surface area contributed by atoms with Crippen LogP contribution in [0, 0.1) is 0 Å². The van der Waals surface area contributed by atoms with Crippen molar-refractivity contribution in [3.8, 4) is 0 Å². The van der Waals surface area contributed by atoms with E-state index in [9.17, 15) is 9.90 Å². The highest BCUT2D eigenvalue weighted by Crippen LogP contribution is 2.20. The summed E-state index contributed by atoms with van der Waals surface area (Å²) in [6.45, 7) is 1.33. The molecule has 2 aromatic rings. The molecule has 1 heterocycles. The third kappa shape index (κ3) is 4.50. The first-order valence-electron chi connectivity index (χ1n) is 7.68. The number of hydrogen-bond acceptors (Lipinski definition) is 4. The second-order valence-corrected chi connectivity index (χ2v) is 6.36. The molecule has 0 aliphatic rings. The summed E-state index contributed by atoms with van der Waals surface area (Å²) in [6.07, 6.45) is 4.74. The summed E-state index contributed by atoms with van der Waals surface area (Å²) in [6, 6.07) is 7.45. The molecule has 1 aromatic carbocycles. The fourth-order valence-electron chi connectivity index (χ4n) is 2.54. The van der Waals surface area contributed by atoms with Gasteiger partial charge in [0.1, 0.15) is 0 Å². The van der Waals surface area contributed by atoms with Crippen molar-refractivity contribution < 1.29 is 14.6 Å². The number of amides is 1. The average molecular weight is 336 g/mol. The number of methoxy groups -OCH3 is 1. The van der Waals surface area contributed by atoms with Crippen LogP contribution >= 0.6 is 11.8 Å². The first kappa shape index (κ1) is 17.8. The van der Waals surface area contributed by atoms with Gasteiger partial charge in [0.15, 0.2) is 0 Å². The monoisotopic (exact) mass is 336 g/mol. The van der Waals surface area contributed by atoms with E-state index in [1.54, 1.807) is 18.9 Å². The molecule has 0 bridgehead atoms. The number of carbonyl (C=O) groups excluding carboxylic acids is 1. The molecule has 0 saturated heterocycles. The number of aliphatic hydroxyl groups excluding tert-OH is 1. The summed E-state index contributed by atoms with van der Waals surface area (Å²) in [5.74, 6) is 0.767. The number of nitrogens with one attached hydrogen (secondary N) is 1. The maximum absolute atomic E-state index is 12.6. The number of hydrogen-bond donors (Lipinski definition) is 2. The lowest BCUT2D eigenvalue weighted by Gasteiger charge is -2.16. The van der Waals surface area contributed by atoms with Crippen LogP contribution in [-0.2, 0) is 11.3 Å². The van der Waals surface area contributed by atoms with Gasteiger partial charge in [-0.15, -0.1) is 0 Å². The second-order valence-electron chi connectivity index (χ2n) is 5.37. The van der Waals surface area contributed by atoms with Crippen molar-refractivity contribution >= 4 is 28.6 Å². The molecule has 1 atom stereocenters. The topological polar surface area (TPSA) is 63.5 Å². The van der Waals surface area contributed by atoms with Crippen molar-refractivity contribution in [1.82, 2.24) is 9.88 Å². The van der Waals surface area contributed by atoms with Crippen molar-refractivity contribution in [3.05, 3.63) is 36.0 Å². The van der Waals surface area contributed by atoms with Crippen LogP contribution in [0.4, 0.5) is 0 Å². The van der Waals surface area contributed by atoms with Crippen LogP contribution in [0.1, 0.15) is 16.8 Å². The molecule has 0 aliphatic carbocycles. The van der Waals surface area contributed by atoms with Gasteiger partial charge < -0.3 is 19.7 Å². The molecule has 1 aromatic heterocycles. The zero-order valence-corrected chi connectivity index (χ0v) is 14.4. The lowest BCUT2D eigenvalue weighted by atomic mass is 10.1. The minimum atomic E-state index is -0.208. The highest BCUT2D eigenvalue weighted by atomic mass is 32.2. The Morgan fingerprint density at radius 2 is 2.26 bits per heavy atom. The molecule has 0 unspecified atom stereocenters. The lowest BCUT2D eigenvalue weighted by molar-refractivity contribution is 0.0917. The number of benzene rings is 1. The average Bonchev–Trinajstić information content (AvgIpc) is 2.99. The number of aromatic nitrogens is 1. The molecule has 0 radical (unpaired) electrons. The van der Waals surface area contributed by atoms with Crippen LogP contribution in [0.15, 0.2) is 30.5 Å². The van der Waals surface area contributed by atoms with Crippen molar-refractivity contribution in [2.45, 2.75) is 19.0 Å². The highest BCUT2D eigenvalue weighted by Gasteiger charge is 2.16. The van der Waals surface area contributed by atoms with Gasteiger partial charge in [0.2, 0.25) is 0 Å². The standard InChI is InChI=1S/C17H24N2O3S/c1-22-10-9-19-8-6-14-15(4-3-5-16(14)19)17(21)18-13(12-20)7-11-23-2/h3-6,8,13,20H,7,9-12H2,1-2H3,(H,18,21)/t13-/m1/s1. The van der Waals surface area contributed by atoms with E-state index in [1.165, 1.54) is 0 Å². The molecular formula is C17H24N2O3S. The normalized spacial score (nSPS) is 12.5. The summed E-state index contributed by atoms with van der Waals surface area (Å²) < 4.78 is 7.19. The first-order valence-corrected chi connectivity index (χ1v) is 9.08. The van der Waals surface area contributed by atoms with Crippen molar-refractivity contribution in [1.29, 1.82) is 0 Å². The number of thioether (sulfide) groups is 1. The summed E-state index contributed by atoms with van der Waals surface area (Å²) in [7, 11) is 1.67. The van der Waals surface area contributed by atoms with E-state index >= 15 is 0 Å². The van der Waals surface area contributed by atoms with E-state index in [0.717, 1.165) is 29.6 Å². The predicted octanol–water partition coefficient (Wildman–Crippen LogP) is 2.13. The van der Waals surface area contributed by atoms with Gasteiger partial charge in [-0.25, -0.2) is 0 Å². The Labute approximate surface area is 141 Å². The van der Waals surface area contributed by atoms with E-state index in [4.69, 9.17) is 4.74 Å². The summed E-state index contributed by atoms with van der Waals surface area (Å²) in [5, 5.41) is 13.3. The zero-order chi connectivity index (χ0) is 16.7. The fraction of sp³-hybridized carbons (Fsp3) is 0.471. The molecular weight excluding hydrogens is 312 g/mol. The van der Waals surface area contributed by atoms with E-state index in [2.05, 4.69) is 9.88 Å². The van der Waals surface area contributed by atoms with Gasteiger partial charge in [-0.3, -0.25) is 4.79 Å². The largest absolute Gasteiger partial charge is 0.394 e. The smallest absolute Gasteiger partial charge is 0.252 e. The Morgan fingerprint density at radius 1 is 1.43 bits per heavy atom. The molecule has 126 valence electrons. The summed E-state index contributed by atoms with van der Waals surface area (Å²) in [5.41, 5.74) is 1.65. The summed E-state index contributed by atoms with van der Waals surface area (Å²) >= 11 is 1.70. The Balaban J connectivity index is 2.18. The van der Waals surface area contributed by atoms with Crippen LogP contribution in [0.3, 0.4) is 0 Å². The molecule has 6 heteroatoms. The molecule has 0 aliphatic heterocycles. The maximum atomic E-state index is 12.6. The van der Waals surface area contributed by atoms with Gasteiger partial charge in [-0.2, -0.15) is 11.8 Å². The van der Waals surface area contributed by atoms with Gasteiger partial charge in [-0.1, -0.05) is 6.07 Å². The number of ether oxygens (including phenoxy) is 1. The molecule has 5 nitrogen and oxygen atoms in total. The third-order valence-corrected chi connectivity index (χ3v) is 4.46. The van der Waals surface area contributed by atoms with Gasteiger partial charge >= 0.3 is 0 Å². The third-order valence-electron chi connectivity index (χ3n) is 3.82. The molecule has 1 amide bonds. The van der Waals surface area contributed by atoms with E-state index < -0.39 is 0 Å². The Morgan fingerprint density at radius 3 is 2.96 bits per heavy atom. The SMILES string of the molecule is COCCn1ccc2c(C(=O)N[C@@H](CO)CCSC)cccc21. The second kappa shape index (κ2) is 8.96. The van der Waals surface area contributed by atoms with Gasteiger partial charge in [-0.05, 0) is 36.6 Å². The van der Waals surface area contributed by atoms with E-state index in [1.807, 2.05) is 36.7 Å². The minimum absolute atomic E-state index is 0.0445. The number of nitrogens with zero attached hydrogens (tertiary/aromatic N) is 1. The first-order chi connectivity index (χ1) is 11.2. The Kier molecular flexibility index (Phi) is 6.95. The Bertz CT molecular complexity index is 642. The number of rotatable bonds is 9. The molecule has 2 N–H and O–H groups in total. The molecule has 23 heavy (non-hydrogen) atoms. The van der Waals surface area contributed by atoms with Crippen LogP contribution < -0.4 is 5.32 Å². The quantitative estimate of drug-likeness (QED) is 0.736. The number of aliphatic hydroxyl groups is 1. The summed E-state index contributed by atoms with van der Waals surface area (Å²) in [4.78, 5) is 12.6. The van der Waals surface area contributed by atoms with Gasteiger partial charge in [0.05, 0.1) is 19.3 Å². The number of fused-ring (bicyclic) bond motifs is 1. The molecule has 0 fully saturated rings. The minimum Gasteiger partial charge on any atom is -0.394 e. The lowest BCUT2D eigenvalue weighted by Crippen LogP contribution is -2.38. The van der Waals surface area contributed by atoms with Crippen LogP contribution in [0.25, 0.3) is 10.9 Å². The van der Waals surface area contributed by atoms with Gasteiger partial charge in [0, 0.05) is 36.3 Å².